The van der Waals surface area contributed by atoms with Crippen molar-refractivity contribution >= 4 is 5.91 Å². The van der Waals surface area contributed by atoms with Crippen molar-refractivity contribution in [2.75, 3.05) is 13.1 Å². The van der Waals surface area contributed by atoms with E-state index in [1.54, 1.807) is 11.0 Å². The highest BCUT2D eigenvalue weighted by Gasteiger charge is 2.43. The van der Waals surface area contributed by atoms with E-state index in [0.717, 1.165) is 31.6 Å². The van der Waals surface area contributed by atoms with Gasteiger partial charge in [-0.3, -0.25) is 4.79 Å². The lowest BCUT2D eigenvalue weighted by Crippen LogP contribution is -2.34. The fourth-order valence-corrected chi connectivity index (χ4v) is 3.68. The largest absolute Gasteiger partial charge is 0.335 e. The Morgan fingerprint density at radius 1 is 1.18 bits per heavy atom. The van der Waals surface area contributed by atoms with Crippen molar-refractivity contribution in [3.05, 3.63) is 42.5 Å². The molecule has 0 radical (unpaired) electrons. The van der Waals surface area contributed by atoms with E-state index in [9.17, 15) is 4.79 Å². The molecule has 1 saturated heterocycles. The molecule has 2 aliphatic rings. The third-order valence-corrected chi connectivity index (χ3v) is 4.90. The molecule has 3 atom stereocenters. The molecule has 2 heterocycles. The van der Waals surface area contributed by atoms with Gasteiger partial charge >= 0.3 is 0 Å². The van der Waals surface area contributed by atoms with Gasteiger partial charge in [0.05, 0.1) is 5.69 Å². The number of likely N-dealkylation sites (tertiary alicyclic amines) is 1. The van der Waals surface area contributed by atoms with Crippen LogP contribution < -0.4 is 5.73 Å². The van der Waals surface area contributed by atoms with Crippen LogP contribution in [0.1, 0.15) is 23.5 Å². The van der Waals surface area contributed by atoms with Crippen LogP contribution in [0.15, 0.2) is 36.7 Å². The van der Waals surface area contributed by atoms with Gasteiger partial charge in [0.25, 0.3) is 5.91 Å². The maximum atomic E-state index is 12.6. The number of hydrogen-bond acceptors (Lipinski definition) is 4. The molecule has 22 heavy (non-hydrogen) atoms. The quantitative estimate of drug-likeness (QED) is 0.899. The van der Waals surface area contributed by atoms with E-state index >= 15 is 0 Å². The number of fused-ring (bicyclic) bond motifs is 1. The van der Waals surface area contributed by atoms with Crippen molar-refractivity contribution in [3.63, 3.8) is 0 Å². The summed E-state index contributed by atoms with van der Waals surface area (Å²) in [4.78, 5) is 18.6. The van der Waals surface area contributed by atoms with Gasteiger partial charge in [-0.25, -0.2) is 9.67 Å². The van der Waals surface area contributed by atoms with Crippen LogP contribution in [-0.4, -0.2) is 44.7 Å². The standard InChI is InChI=1S/C16H19N5O/c17-14-7-6-11-8-20(9-13(11)14)16(22)15-18-10-21(19-15)12-4-2-1-3-5-12/h1-5,10-11,13-14H,6-9,17H2. The number of benzene rings is 1. The van der Waals surface area contributed by atoms with E-state index < -0.39 is 0 Å². The minimum Gasteiger partial charge on any atom is -0.335 e. The van der Waals surface area contributed by atoms with E-state index in [-0.39, 0.29) is 17.8 Å². The number of amides is 1. The summed E-state index contributed by atoms with van der Waals surface area (Å²) in [5.74, 6) is 1.17. The molecule has 6 heteroatoms. The Balaban J connectivity index is 1.51. The second-order valence-corrected chi connectivity index (χ2v) is 6.22. The van der Waals surface area contributed by atoms with Gasteiger partial charge in [-0.15, -0.1) is 5.10 Å². The zero-order valence-electron chi connectivity index (χ0n) is 12.3. The molecule has 0 spiro atoms. The molecular weight excluding hydrogens is 278 g/mol. The third-order valence-electron chi connectivity index (χ3n) is 4.90. The SMILES string of the molecule is NC1CCC2CN(C(=O)c3ncn(-c4ccccc4)n3)CC12. The fraction of sp³-hybridized carbons (Fsp3) is 0.438. The monoisotopic (exact) mass is 297 g/mol. The maximum Gasteiger partial charge on any atom is 0.293 e. The summed E-state index contributed by atoms with van der Waals surface area (Å²) in [6.45, 7) is 1.53. The van der Waals surface area contributed by atoms with Crippen LogP contribution >= 0.6 is 0 Å². The highest BCUT2D eigenvalue weighted by atomic mass is 16.2. The minimum atomic E-state index is -0.0868. The third kappa shape index (κ3) is 2.20. The molecule has 1 amide bonds. The summed E-state index contributed by atoms with van der Waals surface area (Å²) in [7, 11) is 0. The second kappa shape index (κ2) is 5.21. The number of hydrogen-bond donors (Lipinski definition) is 1. The lowest BCUT2D eigenvalue weighted by atomic mass is 9.98. The average molecular weight is 297 g/mol. The van der Waals surface area contributed by atoms with Crippen LogP contribution in [0, 0.1) is 11.8 Å². The Bertz CT molecular complexity index is 683. The fourth-order valence-electron chi connectivity index (χ4n) is 3.68. The molecule has 1 saturated carbocycles. The number of nitrogens with two attached hydrogens (primary N) is 1. The van der Waals surface area contributed by atoms with Gasteiger partial charge in [-0.1, -0.05) is 18.2 Å². The van der Waals surface area contributed by atoms with Gasteiger partial charge in [0.15, 0.2) is 0 Å². The van der Waals surface area contributed by atoms with Crippen LogP contribution in [0.25, 0.3) is 5.69 Å². The molecule has 2 N–H and O–H groups in total. The molecule has 0 bridgehead atoms. The highest BCUT2D eigenvalue weighted by Crippen LogP contribution is 2.37. The first kappa shape index (κ1) is 13.5. The molecule has 114 valence electrons. The molecular formula is C16H19N5O. The first-order chi connectivity index (χ1) is 10.7. The van der Waals surface area contributed by atoms with Gasteiger partial charge in [-0.2, -0.15) is 0 Å². The summed E-state index contributed by atoms with van der Waals surface area (Å²) < 4.78 is 1.63. The summed E-state index contributed by atoms with van der Waals surface area (Å²) in [6, 6.07) is 9.91. The lowest BCUT2D eigenvalue weighted by Gasteiger charge is -2.17. The van der Waals surface area contributed by atoms with Crippen molar-refractivity contribution in [2.24, 2.45) is 17.6 Å². The normalized spacial score (nSPS) is 27.1. The zero-order chi connectivity index (χ0) is 15.1. The van der Waals surface area contributed by atoms with E-state index in [1.165, 1.54) is 0 Å². The van der Waals surface area contributed by atoms with Crippen LogP contribution in [0.4, 0.5) is 0 Å². The lowest BCUT2D eigenvalue weighted by molar-refractivity contribution is 0.0767. The van der Waals surface area contributed by atoms with Crippen molar-refractivity contribution < 1.29 is 4.79 Å². The Morgan fingerprint density at radius 3 is 2.77 bits per heavy atom. The highest BCUT2D eigenvalue weighted by molar-refractivity contribution is 5.90. The van der Waals surface area contributed by atoms with Crippen LogP contribution in [0.2, 0.25) is 0 Å². The predicted molar refractivity (Wildman–Crippen MR) is 81.5 cm³/mol. The summed E-state index contributed by atoms with van der Waals surface area (Å²) in [5.41, 5.74) is 7.03. The van der Waals surface area contributed by atoms with E-state index in [2.05, 4.69) is 10.1 Å². The molecule has 2 fully saturated rings. The summed E-state index contributed by atoms with van der Waals surface area (Å²) >= 11 is 0. The van der Waals surface area contributed by atoms with Gasteiger partial charge in [0.1, 0.15) is 6.33 Å². The van der Waals surface area contributed by atoms with Crippen LogP contribution in [0.3, 0.4) is 0 Å². The molecule has 1 aromatic carbocycles. The van der Waals surface area contributed by atoms with Gasteiger partial charge in [0, 0.05) is 19.1 Å². The van der Waals surface area contributed by atoms with Crippen molar-refractivity contribution in [1.29, 1.82) is 0 Å². The van der Waals surface area contributed by atoms with Crippen molar-refractivity contribution in [3.8, 4) is 5.69 Å². The maximum absolute atomic E-state index is 12.6. The van der Waals surface area contributed by atoms with Crippen LogP contribution in [-0.2, 0) is 0 Å². The van der Waals surface area contributed by atoms with Gasteiger partial charge in [0.2, 0.25) is 5.82 Å². The molecule has 1 aromatic heterocycles. The molecule has 2 aromatic rings. The number of aromatic nitrogens is 3. The zero-order valence-corrected chi connectivity index (χ0v) is 12.3. The van der Waals surface area contributed by atoms with Crippen molar-refractivity contribution in [2.45, 2.75) is 18.9 Å². The topological polar surface area (TPSA) is 77.0 Å². The van der Waals surface area contributed by atoms with Crippen LogP contribution in [0.5, 0.6) is 0 Å². The number of para-hydroxylation sites is 1. The van der Waals surface area contributed by atoms with Gasteiger partial charge < -0.3 is 10.6 Å². The average Bonchev–Trinajstić information content (AvgIpc) is 3.25. The number of nitrogens with zero attached hydrogens (tertiary/aromatic N) is 4. The first-order valence-electron chi connectivity index (χ1n) is 7.74. The van der Waals surface area contributed by atoms with E-state index in [4.69, 9.17) is 5.73 Å². The van der Waals surface area contributed by atoms with E-state index in [1.807, 2.05) is 35.2 Å². The minimum absolute atomic E-state index is 0.0868. The molecule has 1 aliphatic heterocycles. The molecule has 1 aliphatic carbocycles. The Labute approximate surface area is 128 Å². The van der Waals surface area contributed by atoms with E-state index in [0.29, 0.717) is 11.8 Å². The molecule has 6 nitrogen and oxygen atoms in total. The summed E-state index contributed by atoms with van der Waals surface area (Å²) in [6.07, 6.45) is 3.80. The van der Waals surface area contributed by atoms with Gasteiger partial charge in [-0.05, 0) is 36.8 Å². The number of rotatable bonds is 2. The smallest absolute Gasteiger partial charge is 0.293 e. The Morgan fingerprint density at radius 2 is 2.00 bits per heavy atom. The predicted octanol–water partition coefficient (Wildman–Crippen LogP) is 1.08. The Kier molecular flexibility index (Phi) is 3.18. The first-order valence-corrected chi connectivity index (χ1v) is 7.74. The number of carbonyl (C=O) groups excluding carboxylic acids is 1. The summed E-state index contributed by atoms with van der Waals surface area (Å²) in [5, 5.41) is 4.32. The molecule has 4 rings (SSSR count). The van der Waals surface area contributed by atoms with Crippen molar-refractivity contribution in [1.82, 2.24) is 19.7 Å². The second-order valence-electron chi connectivity index (χ2n) is 6.22. The molecule has 3 unspecified atom stereocenters. The number of carbonyl (C=O) groups is 1. The Hall–Kier alpha value is -2.21.